The maximum absolute atomic E-state index is 12.2. The number of carbonyl (C=O) groups excluding carboxylic acids is 1. The van der Waals surface area contributed by atoms with E-state index in [0.29, 0.717) is 12.2 Å². The van der Waals surface area contributed by atoms with E-state index in [1.54, 1.807) is 25.2 Å². The number of pyridine rings is 1. The first-order valence-electron chi connectivity index (χ1n) is 9.00. The Bertz CT molecular complexity index is 918. The molecule has 2 aromatic rings. The van der Waals surface area contributed by atoms with Crippen LogP contribution in [0, 0.1) is 0 Å². The molecule has 0 saturated heterocycles. The van der Waals surface area contributed by atoms with Gasteiger partial charge in [0, 0.05) is 30.9 Å². The number of nitrogens with one attached hydrogen (secondary N) is 2. The first-order valence-corrected chi connectivity index (χ1v) is 9.00. The van der Waals surface area contributed by atoms with Gasteiger partial charge in [-0.15, -0.1) is 0 Å². The lowest BCUT2D eigenvalue weighted by Gasteiger charge is -2.42. The predicted molar refractivity (Wildman–Crippen MR) is 103 cm³/mol. The Balaban J connectivity index is 1.56. The van der Waals surface area contributed by atoms with Gasteiger partial charge in [0.1, 0.15) is 0 Å². The highest BCUT2D eigenvalue weighted by molar-refractivity contribution is 5.92. The van der Waals surface area contributed by atoms with Crippen LogP contribution in [0.1, 0.15) is 19.8 Å². The second-order valence-corrected chi connectivity index (χ2v) is 6.88. The van der Waals surface area contributed by atoms with Crippen LogP contribution in [-0.2, 0) is 11.8 Å². The van der Waals surface area contributed by atoms with Crippen LogP contribution in [-0.4, -0.2) is 51.7 Å². The van der Waals surface area contributed by atoms with E-state index in [0.717, 1.165) is 23.7 Å². The van der Waals surface area contributed by atoms with E-state index in [1.807, 2.05) is 17.9 Å². The van der Waals surface area contributed by atoms with Crippen molar-refractivity contribution >= 4 is 28.6 Å². The molecule has 27 heavy (non-hydrogen) atoms. The molecule has 1 heterocycles. The second-order valence-electron chi connectivity index (χ2n) is 6.88. The molecular formula is C19H24N4O4. The molecular weight excluding hydrogens is 348 g/mol. The molecule has 0 bridgehead atoms. The minimum absolute atomic E-state index is 0.0237. The van der Waals surface area contributed by atoms with Gasteiger partial charge in [0.05, 0.1) is 12.1 Å². The summed E-state index contributed by atoms with van der Waals surface area (Å²) >= 11 is 0. The van der Waals surface area contributed by atoms with Gasteiger partial charge < -0.3 is 20.3 Å². The van der Waals surface area contributed by atoms with Crippen molar-refractivity contribution in [3.8, 4) is 0 Å². The summed E-state index contributed by atoms with van der Waals surface area (Å²) in [7, 11) is 1.69. The number of carboxylic acids is 1. The van der Waals surface area contributed by atoms with Crippen molar-refractivity contribution in [2.75, 3.05) is 18.4 Å². The molecule has 1 aliphatic carbocycles. The average molecular weight is 372 g/mol. The number of fused-ring (bicyclic) bond motifs is 1. The van der Waals surface area contributed by atoms with Crippen LogP contribution < -0.4 is 16.2 Å². The maximum Gasteiger partial charge on any atom is 0.319 e. The predicted octanol–water partition coefficient (Wildman–Crippen LogP) is 1.60. The van der Waals surface area contributed by atoms with Gasteiger partial charge in [0.15, 0.2) is 0 Å². The topological polar surface area (TPSA) is 104 Å². The minimum atomic E-state index is -0.836. The average Bonchev–Trinajstić information content (AvgIpc) is 2.59. The highest BCUT2D eigenvalue weighted by Crippen LogP contribution is 2.25. The lowest BCUT2D eigenvalue weighted by Crippen LogP contribution is -2.55. The van der Waals surface area contributed by atoms with E-state index in [9.17, 15) is 14.4 Å². The van der Waals surface area contributed by atoms with E-state index in [1.165, 1.54) is 10.6 Å². The summed E-state index contributed by atoms with van der Waals surface area (Å²) in [6.45, 7) is 2.63. The number of hydrogen-bond donors (Lipinski definition) is 3. The van der Waals surface area contributed by atoms with E-state index < -0.39 is 5.97 Å². The molecule has 0 aliphatic heterocycles. The second kappa shape index (κ2) is 7.79. The molecule has 3 rings (SSSR count). The van der Waals surface area contributed by atoms with E-state index >= 15 is 0 Å². The van der Waals surface area contributed by atoms with Crippen molar-refractivity contribution in [1.29, 1.82) is 0 Å². The minimum Gasteiger partial charge on any atom is -0.480 e. The Morgan fingerprint density at radius 1 is 1.26 bits per heavy atom. The lowest BCUT2D eigenvalue weighted by atomic mass is 9.85. The number of aliphatic carboxylic acids is 1. The SMILES string of the molecule is CCN(CC(=O)O)C1CC(NC(=O)Nc2ccc3ccc(=O)n(C)c3c2)C1. The number of anilines is 1. The number of benzene rings is 1. The van der Waals surface area contributed by atoms with Crippen LogP contribution in [0.3, 0.4) is 0 Å². The summed E-state index contributed by atoms with van der Waals surface area (Å²) in [5.74, 6) is -0.836. The van der Waals surface area contributed by atoms with Crippen molar-refractivity contribution in [2.24, 2.45) is 7.05 Å². The molecule has 1 saturated carbocycles. The van der Waals surface area contributed by atoms with Crippen LogP contribution in [0.5, 0.6) is 0 Å². The van der Waals surface area contributed by atoms with Gasteiger partial charge in [0.2, 0.25) is 0 Å². The molecule has 3 N–H and O–H groups in total. The van der Waals surface area contributed by atoms with Crippen LogP contribution in [0.25, 0.3) is 10.9 Å². The highest BCUT2D eigenvalue weighted by atomic mass is 16.4. The molecule has 1 aromatic heterocycles. The van der Waals surface area contributed by atoms with E-state index in [2.05, 4.69) is 10.6 Å². The molecule has 144 valence electrons. The number of likely N-dealkylation sites (N-methyl/N-ethyl adjacent to an activating group) is 1. The third-order valence-corrected chi connectivity index (χ3v) is 5.10. The Morgan fingerprint density at radius 3 is 2.63 bits per heavy atom. The Hall–Kier alpha value is -2.87. The summed E-state index contributed by atoms with van der Waals surface area (Å²) in [6.07, 6.45) is 1.47. The number of amides is 2. The molecule has 0 spiro atoms. The number of nitrogens with zero attached hydrogens (tertiary/aromatic N) is 2. The number of rotatable bonds is 6. The van der Waals surface area contributed by atoms with Crippen molar-refractivity contribution < 1.29 is 14.7 Å². The van der Waals surface area contributed by atoms with Gasteiger partial charge in [-0.3, -0.25) is 14.5 Å². The molecule has 1 aliphatic rings. The molecule has 0 unspecified atom stereocenters. The molecule has 8 heteroatoms. The van der Waals surface area contributed by atoms with Gasteiger partial charge >= 0.3 is 12.0 Å². The van der Waals surface area contributed by atoms with Crippen molar-refractivity contribution in [3.05, 3.63) is 40.7 Å². The van der Waals surface area contributed by atoms with Crippen LogP contribution in [0.4, 0.5) is 10.5 Å². The summed E-state index contributed by atoms with van der Waals surface area (Å²) in [5.41, 5.74) is 1.25. The highest BCUT2D eigenvalue weighted by Gasteiger charge is 2.34. The lowest BCUT2D eigenvalue weighted by molar-refractivity contribution is -0.139. The summed E-state index contributed by atoms with van der Waals surface area (Å²) in [4.78, 5) is 36.8. The fourth-order valence-electron chi connectivity index (χ4n) is 3.47. The monoisotopic (exact) mass is 372 g/mol. The largest absolute Gasteiger partial charge is 0.480 e. The number of aromatic nitrogens is 1. The zero-order chi connectivity index (χ0) is 19.6. The third-order valence-electron chi connectivity index (χ3n) is 5.10. The first-order chi connectivity index (χ1) is 12.9. The van der Waals surface area contributed by atoms with E-state index in [4.69, 9.17) is 5.11 Å². The first kappa shape index (κ1) is 18.9. The smallest absolute Gasteiger partial charge is 0.319 e. The molecule has 1 fully saturated rings. The molecule has 0 atom stereocenters. The van der Waals surface area contributed by atoms with E-state index in [-0.39, 0.29) is 30.2 Å². The zero-order valence-electron chi connectivity index (χ0n) is 15.4. The quantitative estimate of drug-likeness (QED) is 0.715. The fourth-order valence-corrected chi connectivity index (χ4v) is 3.47. The number of urea groups is 1. The normalized spacial score (nSPS) is 18.9. The van der Waals surface area contributed by atoms with Crippen molar-refractivity contribution in [2.45, 2.75) is 31.8 Å². The Kier molecular flexibility index (Phi) is 5.46. The summed E-state index contributed by atoms with van der Waals surface area (Å²) in [5, 5.41) is 15.6. The van der Waals surface area contributed by atoms with Gasteiger partial charge in [-0.2, -0.15) is 0 Å². The number of aryl methyl sites for hydroxylation is 1. The van der Waals surface area contributed by atoms with Crippen molar-refractivity contribution in [1.82, 2.24) is 14.8 Å². The Labute approximate surface area is 156 Å². The van der Waals surface area contributed by atoms with Gasteiger partial charge in [-0.1, -0.05) is 13.0 Å². The summed E-state index contributed by atoms with van der Waals surface area (Å²) < 4.78 is 1.54. The van der Waals surface area contributed by atoms with Crippen LogP contribution in [0.2, 0.25) is 0 Å². The number of carboxylic acid groups (broad SMARTS) is 1. The fraction of sp³-hybridized carbons (Fsp3) is 0.421. The third kappa shape index (κ3) is 4.28. The zero-order valence-corrected chi connectivity index (χ0v) is 15.4. The number of carbonyl (C=O) groups is 2. The van der Waals surface area contributed by atoms with Gasteiger partial charge in [0.25, 0.3) is 5.56 Å². The standard InChI is InChI=1S/C19H24N4O4/c1-3-23(11-18(25)26)15-8-14(9-15)21-19(27)20-13-6-4-12-5-7-17(24)22(2)16(12)10-13/h4-7,10,14-15H,3,8-9,11H2,1-2H3,(H,25,26)(H2,20,21,27). The maximum atomic E-state index is 12.2. The van der Waals surface area contributed by atoms with Crippen LogP contribution in [0.15, 0.2) is 35.1 Å². The van der Waals surface area contributed by atoms with Crippen molar-refractivity contribution in [3.63, 3.8) is 0 Å². The molecule has 0 radical (unpaired) electrons. The molecule has 1 aromatic carbocycles. The summed E-state index contributed by atoms with van der Waals surface area (Å²) in [6, 6.07) is 8.60. The molecule has 8 nitrogen and oxygen atoms in total. The van der Waals surface area contributed by atoms with Gasteiger partial charge in [-0.25, -0.2) is 4.79 Å². The Morgan fingerprint density at radius 2 is 1.96 bits per heavy atom. The van der Waals surface area contributed by atoms with Gasteiger partial charge in [-0.05, 0) is 43.0 Å². The molecule has 2 amide bonds. The number of hydrogen-bond acceptors (Lipinski definition) is 4. The van der Waals surface area contributed by atoms with Crippen LogP contribution >= 0.6 is 0 Å².